The van der Waals surface area contributed by atoms with Crippen LogP contribution in [0, 0.1) is 5.82 Å². The van der Waals surface area contributed by atoms with Crippen molar-refractivity contribution in [2.24, 2.45) is 0 Å². The van der Waals surface area contributed by atoms with Crippen molar-refractivity contribution in [3.05, 3.63) is 52.5 Å². The first-order valence-electron chi connectivity index (χ1n) is 5.40. The van der Waals surface area contributed by atoms with E-state index in [1.807, 2.05) is 13.1 Å². The summed E-state index contributed by atoms with van der Waals surface area (Å²) in [5, 5.41) is 3.02. The quantitative estimate of drug-likeness (QED) is 0.938. The van der Waals surface area contributed by atoms with Crippen LogP contribution in [0.15, 0.2) is 41.1 Å². The second kappa shape index (κ2) is 5.93. The van der Waals surface area contributed by atoms with E-state index in [1.165, 1.54) is 6.07 Å². The molecule has 0 saturated heterocycles. The fraction of sp³-hybridized carbons (Fsp3) is 0.154. The van der Waals surface area contributed by atoms with Gasteiger partial charge >= 0.3 is 0 Å². The second-order valence-corrected chi connectivity index (χ2v) is 4.65. The van der Waals surface area contributed by atoms with Crippen LogP contribution in [0.4, 0.5) is 4.39 Å². The van der Waals surface area contributed by atoms with Gasteiger partial charge in [0.05, 0.1) is 6.20 Å². The zero-order valence-electron chi connectivity index (χ0n) is 9.78. The Kier molecular flexibility index (Phi) is 4.28. The van der Waals surface area contributed by atoms with Gasteiger partial charge in [0.15, 0.2) is 11.6 Å². The summed E-state index contributed by atoms with van der Waals surface area (Å²) in [7, 11) is 1.85. The van der Waals surface area contributed by atoms with Gasteiger partial charge in [-0.2, -0.15) is 0 Å². The van der Waals surface area contributed by atoms with Crippen LogP contribution in [0.3, 0.4) is 0 Å². The summed E-state index contributed by atoms with van der Waals surface area (Å²) >= 11 is 3.28. The van der Waals surface area contributed by atoms with E-state index in [0.29, 0.717) is 12.3 Å². The highest BCUT2D eigenvalue weighted by Gasteiger charge is 2.06. The molecule has 18 heavy (non-hydrogen) atoms. The van der Waals surface area contributed by atoms with E-state index in [-0.39, 0.29) is 5.75 Å². The Balaban J connectivity index is 2.22. The molecular formula is C13H12BrFN2O. The molecule has 2 aromatic rings. The molecule has 1 heterocycles. The monoisotopic (exact) mass is 310 g/mol. The molecule has 94 valence electrons. The molecule has 3 nitrogen and oxygen atoms in total. The summed E-state index contributed by atoms with van der Waals surface area (Å²) in [4.78, 5) is 4.05. The molecule has 1 N–H and O–H groups in total. The average molecular weight is 311 g/mol. The smallest absolute Gasteiger partial charge is 0.165 e. The third-order valence-electron chi connectivity index (χ3n) is 2.27. The molecule has 0 aliphatic heterocycles. The molecule has 0 radical (unpaired) electrons. The summed E-state index contributed by atoms with van der Waals surface area (Å²) in [5.74, 6) is 0.282. The van der Waals surface area contributed by atoms with Crippen LogP contribution in [0.5, 0.6) is 11.5 Å². The fourth-order valence-corrected chi connectivity index (χ4v) is 1.84. The van der Waals surface area contributed by atoms with Crippen LogP contribution in [-0.4, -0.2) is 12.0 Å². The van der Waals surface area contributed by atoms with Crippen LogP contribution in [-0.2, 0) is 6.54 Å². The van der Waals surface area contributed by atoms with Crippen LogP contribution in [0.2, 0.25) is 0 Å². The number of aromatic nitrogens is 1. The number of halogens is 2. The van der Waals surface area contributed by atoms with Gasteiger partial charge < -0.3 is 10.1 Å². The summed E-state index contributed by atoms with van der Waals surface area (Å²) < 4.78 is 19.8. The lowest BCUT2D eigenvalue weighted by molar-refractivity contribution is 0.439. The highest BCUT2D eigenvalue weighted by Crippen LogP contribution is 2.27. The van der Waals surface area contributed by atoms with Crippen LogP contribution in [0.25, 0.3) is 0 Å². The van der Waals surface area contributed by atoms with Gasteiger partial charge in [-0.25, -0.2) is 4.39 Å². The van der Waals surface area contributed by atoms with E-state index in [2.05, 4.69) is 26.2 Å². The van der Waals surface area contributed by atoms with Gasteiger partial charge in [0.25, 0.3) is 0 Å². The van der Waals surface area contributed by atoms with Crippen molar-refractivity contribution in [1.82, 2.24) is 10.3 Å². The van der Waals surface area contributed by atoms with Crippen LogP contribution in [0.1, 0.15) is 5.56 Å². The van der Waals surface area contributed by atoms with Crippen LogP contribution < -0.4 is 10.1 Å². The maximum atomic E-state index is 13.5. The summed E-state index contributed by atoms with van der Waals surface area (Å²) in [6.45, 7) is 0.686. The standard InChI is InChI=1S/C13H12BrFN2O/c1-16-6-9-4-11(8-17-7-9)18-13-5-10(14)2-3-12(13)15/h2-5,7-8,16H,6H2,1H3. The van der Waals surface area contributed by atoms with Gasteiger partial charge in [0.2, 0.25) is 0 Å². The lowest BCUT2D eigenvalue weighted by Gasteiger charge is -2.08. The molecule has 0 atom stereocenters. The summed E-state index contributed by atoms with van der Waals surface area (Å²) in [5.41, 5.74) is 0.977. The highest BCUT2D eigenvalue weighted by atomic mass is 79.9. The van der Waals surface area contributed by atoms with E-state index in [4.69, 9.17) is 4.74 Å². The third kappa shape index (κ3) is 3.27. The Labute approximate surface area is 113 Å². The van der Waals surface area contributed by atoms with Gasteiger partial charge in [0.1, 0.15) is 5.75 Å². The van der Waals surface area contributed by atoms with Crippen molar-refractivity contribution in [2.45, 2.75) is 6.54 Å². The van der Waals surface area contributed by atoms with Crippen molar-refractivity contribution < 1.29 is 9.13 Å². The fourth-order valence-electron chi connectivity index (χ4n) is 1.50. The van der Waals surface area contributed by atoms with Crippen molar-refractivity contribution in [3.63, 3.8) is 0 Å². The lowest BCUT2D eigenvalue weighted by atomic mass is 10.3. The number of nitrogens with zero attached hydrogens (tertiary/aromatic N) is 1. The number of pyridine rings is 1. The predicted octanol–water partition coefficient (Wildman–Crippen LogP) is 3.49. The number of ether oxygens (including phenoxy) is 1. The second-order valence-electron chi connectivity index (χ2n) is 3.74. The molecule has 0 fully saturated rings. The van der Waals surface area contributed by atoms with E-state index in [9.17, 15) is 4.39 Å². The molecule has 0 aliphatic carbocycles. The average Bonchev–Trinajstić information content (AvgIpc) is 2.35. The Morgan fingerprint density at radius 3 is 2.94 bits per heavy atom. The van der Waals surface area contributed by atoms with Gasteiger partial charge in [0, 0.05) is 17.2 Å². The molecule has 0 saturated carbocycles. The van der Waals surface area contributed by atoms with Crippen molar-refractivity contribution in [1.29, 1.82) is 0 Å². The van der Waals surface area contributed by atoms with Crippen LogP contribution >= 0.6 is 15.9 Å². The Morgan fingerprint density at radius 2 is 2.17 bits per heavy atom. The van der Waals surface area contributed by atoms with Crippen molar-refractivity contribution >= 4 is 15.9 Å². The molecule has 0 amide bonds. The van der Waals surface area contributed by atoms with Gasteiger partial charge in [-0.15, -0.1) is 0 Å². The summed E-state index contributed by atoms with van der Waals surface area (Å²) in [6.07, 6.45) is 3.29. The highest BCUT2D eigenvalue weighted by molar-refractivity contribution is 9.10. The molecule has 5 heteroatoms. The SMILES string of the molecule is CNCc1cncc(Oc2cc(Br)ccc2F)c1. The van der Waals surface area contributed by atoms with E-state index >= 15 is 0 Å². The maximum absolute atomic E-state index is 13.5. The third-order valence-corrected chi connectivity index (χ3v) is 2.76. The van der Waals surface area contributed by atoms with Crippen molar-refractivity contribution in [3.8, 4) is 11.5 Å². The maximum Gasteiger partial charge on any atom is 0.165 e. The van der Waals surface area contributed by atoms with E-state index in [1.54, 1.807) is 24.5 Å². The molecular weight excluding hydrogens is 299 g/mol. The molecule has 0 bridgehead atoms. The topological polar surface area (TPSA) is 34.2 Å². The number of rotatable bonds is 4. The number of benzene rings is 1. The van der Waals surface area contributed by atoms with E-state index < -0.39 is 5.82 Å². The first kappa shape index (κ1) is 13.0. The van der Waals surface area contributed by atoms with Gasteiger partial charge in [-0.3, -0.25) is 4.98 Å². The number of hydrogen-bond donors (Lipinski definition) is 1. The number of nitrogens with one attached hydrogen (secondary N) is 1. The molecule has 1 aromatic carbocycles. The molecule has 0 spiro atoms. The lowest BCUT2D eigenvalue weighted by Crippen LogP contribution is -2.05. The minimum absolute atomic E-state index is 0.174. The Hall–Kier alpha value is -1.46. The normalized spacial score (nSPS) is 10.4. The largest absolute Gasteiger partial charge is 0.453 e. The zero-order chi connectivity index (χ0) is 13.0. The first-order chi connectivity index (χ1) is 8.69. The van der Waals surface area contributed by atoms with E-state index in [0.717, 1.165) is 10.0 Å². The number of hydrogen-bond acceptors (Lipinski definition) is 3. The molecule has 1 aromatic heterocycles. The predicted molar refractivity (Wildman–Crippen MR) is 71.2 cm³/mol. The minimum atomic E-state index is -0.405. The Morgan fingerprint density at radius 1 is 1.33 bits per heavy atom. The molecule has 2 rings (SSSR count). The van der Waals surface area contributed by atoms with Gasteiger partial charge in [-0.1, -0.05) is 15.9 Å². The van der Waals surface area contributed by atoms with Gasteiger partial charge in [-0.05, 0) is 36.9 Å². The molecule has 0 aliphatic rings. The Bertz CT molecular complexity index is 548. The summed E-state index contributed by atoms with van der Waals surface area (Å²) in [6, 6.07) is 6.38. The zero-order valence-corrected chi connectivity index (χ0v) is 11.4. The van der Waals surface area contributed by atoms with Crippen molar-refractivity contribution in [2.75, 3.05) is 7.05 Å². The molecule has 0 unspecified atom stereocenters. The first-order valence-corrected chi connectivity index (χ1v) is 6.20. The minimum Gasteiger partial charge on any atom is -0.453 e.